The summed E-state index contributed by atoms with van der Waals surface area (Å²) in [7, 11) is 0. The first-order chi connectivity index (χ1) is 27.2. The summed E-state index contributed by atoms with van der Waals surface area (Å²) < 4.78 is 12.0. The number of carbonyl (C=O) groups excluding carboxylic acids is 4. The minimum Gasteiger partial charge on any atom is -0.462 e. The van der Waals surface area contributed by atoms with Crippen LogP contribution in [0.5, 0.6) is 0 Å². The fourth-order valence-corrected chi connectivity index (χ4v) is 14.1. The predicted octanol–water partition coefficient (Wildman–Crippen LogP) is 11.7. The average molecular weight is 831 g/mol. The van der Waals surface area contributed by atoms with Gasteiger partial charge in [-0.15, -0.1) is 0 Å². The number of ether oxygens (including phenoxy) is 2. The van der Waals surface area contributed by atoms with Crippen molar-refractivity contribution >= 4 is 35.2 Å². The zero-order valence-corrected chi connectivity index (χ0v) is 38.9. The van der Waals surface area contributed by atoms with E-state index >= 15 is 0 Å². The van der Waals surface area contributed by atoms with Gasteiger partial charge in [0.1, 0.15) is 11.7 Å². The summed E-state index contributed by atoms with van der Waals surface area (Å²) in [6.07, 6.45) is 13.9. The molecule has 5 fully saturated rings. The number of hydrogen-bond acceptors (Lipinski definition) is 6. The Morgan fingerprint density at radius 2 is 1.51 bits per heavy atom. The molecule has 7 nitrogen and oxygen atoms in total. The molecular formula is C51H72ClNO6. The molecule has 8 heteroatoms. The molecule has 1 aromatic rings. The van der Waals surface area contributed by atoms with Crippen LogP contribution in [0.4, 0.5) is 0 Å². The maximum Gasteiger partial charge on any atom is 0.312 e. The molecule has 6 aliphatic carbocycles. The van der Waals surface area contributed by atoms with Crippen molar-refractivity contribution in [3.8, 4) is 0 Å². The molecule has 1 amide bonds. The molecule has 324 valence electrons. The van der Waals surface area contributed by atoms with Gasteiger partial charge in [-0.25, -0.2) is 0 Å². The van der Waals surface area contributed by atoms with Crippen LogP contribution in [0.25, 0.3) is 0 Å². The normalized spacial score (nSPS) is 36.0. The number of esters is 2. The van der Waals surface area contributed by atoms with Crippen LogP contribution in [-0.4, -0.2) is 35.3 Å². The Balaban J connectivity index is 1.11. The summed E-state index contributed by atoms with van der Waals surface area (Å²) in [5.41, 5.74) is 0.944. The van der Waals surface area contributed by atoms with E-state index < -0.39 is 16.4 Å². The predicted molar refractivity (Wildman–Crippen MR) is 233 cm³/mol. The highest BCUT2D eigenvalue weighted by Crippen LogP contribution is 2.77. The van der Waals surface area contributed by atoms with Gasteiger partial charge in [0, 0.05) is 22.3 Å². The van der Waals surface area contributed by atoms with Crippen molar-refractivity contribution in [2.75, 3.05) is 0 Å². The van der Waals surface area contributed by atoms with E-state index in [-0.39, 0.29) is 75.2 Å². The van der Waals surface area contributed by atoms with Gasteiger partial charge in [0.05, 0.1) is 17.4 Å². The van der Waals surface area contributed by atoms with Crippen molar-refractivity contribution in [2.45, 2.75) is 177 Å². The van der Waals surface area contributed by atoms with Gasteiger partial charge in [-0.05, 0) is 174 Å². The number of halogens is 1. The van der Waals surface area contributed by atoms with E-state index in [4.69, 9.17) is 21.1 Å². The molecule has 6 aliphatic rings. The number of benzene rings is 1. The first-order valence-electron chi connectivity index (χ1n) is 22.7. The van der Waals surface area contributed by atoms with Crippen LogP contribution in [0.2, 0.25) is 5.02 Å². The molecular weight excluding hydrogens is 758 g/mol. The van der Waals surface area contributed by atoms with Crippen LogP contribution in [0.3, 0.4) is 0 Å². The molecule has 1 N–H and O–H groups in total. The number of hydrogen-bond donors (Lipinski definition) is 1. The van der Waals surface area contributed by atoms with E-state index in [1.807, 2.05) is 45.0 Å². The van der Waals surface area contributed by atoms with Gasteiger partial charge >= 0.3 is 11.9 Å². The fraction of sp³-hybridized carbons (Fsp3) is 0.725. The molecule has 0 heterocycles. The second-order valence-corrected chi connectivity index (χ2v) is 23.6. The van der Waals surface area contributed by atoms with Crippen LogP contribution >= 0.6 is 11.6 Å². The van der Waals surface area contributed by atoms with Gasteiger partial charge in [-0.3, -0.25) is 19.2 Å². The Bertz CT molecular complexity index is 1950. The number of Topliss-reactive ketones (excluding diaryl/α,β-unsaturated/α-hetero) is 1. The van der Waals surface area contributed by atoms with E-state index in [1.54, 1.807) is 19.9 Å². The van der Waals surface area contributed by atoms with Crippen molar-refractivity contribution in [1.82, 2.24) is 5.32 Å². The van der Waals surface area contributed by atoms with Gasteiger partial charge < -0.3 is 14.8 Å². The Hall–Kier alpha value is -2.93. The second-order valence-electron chi connectivity index (χ2n) is 23.2. The van der Waals surface area contributed by atoms with Crippen LogP contribution in [0.15, 0.2) is 47.6 Å². The molecule has 0 aliphatic heterocycles. The van der Waals surface area contributed by atoms with Crippen molar-refractivity contribution in [2.24, 2.45) is 56.2 Å². The van der Waals surface area contributed by atoms with Crippen molar-refractivity contribution < 1.29 is 28.7 Å². The molecule has 0 aromatic heterocycles. The third-order valence-corrected chi connectivity index (χ3v) is 17.6. The minimum atomic E-state index is -0.982. The van der Waals surface area contributed by atoms with E-state index in [9.17, 15) is 19.2 Å². The number of nitrogens with one attached hydrogen (secondary N) is 1. The topological polar surface area (TPSA) is 98.8 Å². The van der Waals surface area contributed by atoms with E-state index in [2.05, 4.69) is 59.9 Å². The first-order valence-corrected chi connectivity index (χ1v) is 23.1. The minimum absolute atomic E-state index is 0.00303. The lowest BCUT2D eigenvalue weighted by atomic mass is 9.33. The summed E-state index contributed by atoms with van der Waals surface area (Å²) in [5.74, 6) is 0.718. The Kier molecular flexibility index (Phi) is 10.9. The number of fused-ring (bicyclic) bond motifs is 7. The summed E-state index contributed by atoms with van der Waals surface area (Å²) in [6.45, 7) is 25.7. The Morgan fingerprint density at radius 3 is 2.12 bits per heavy atom. The molecule has 0 spiro atoms. The van der Waals surface area contributed by atoms with Gasteiger partial charge in [0.25, 0.3) is 0 Å². The Labute approximate surface area is 359 Å². The molecule has 7 rings (SSSR count). The average Bonchev–Trinajstić information content (AvgIpc) is 3.82. The Morgan fingerprint density at radius 1 is 0.847 bits per heavy atom. The fourth-order valence-electron chi connectivity index (χ4n) is 14.0. The van der Waals surface area contributed by atoms with Crippen molar-refractivity contribution in [1.29, 1.82) is 0 Å². The summed E-state index contributed by atoms with van der Waals surface area (Å²) in [4.78, 5) is 54.4. The molecule has 59 heavy (non-hydrogen) atoms. The highest BCUT2D eigenvalue weighted by molar-refractivity contribution is 6.30. The molecule has 0 saturated heterocycles. The summed E-state index contributed by atoms with van der Waals surface area (Å²) in [6, 6.07) is 7.79. The zero-order chi connectivity index (χ0) is 43.4. The quantitative estimate of drug-likeness (QED) is 0.197. The maximum atomic E-state index is 14.1. The molecule has 0 radical (unpaired) electrons. The van der Waals surface area contributed by atoms with Crippen molar-refractivity contribution in [3.05, 3.63) is 58.1 Å². The second kappa shape index (κ2) is 14.6. The number of amides is 1. The highest BCUT2D eigenvalue weighted by atomic mass is 35.5. The number of carbonyl (C=O) groups is 4. The molecule has 0 bridgehead atoms. The lowest BCUT2D eigenvalue weighted by Gasteiger charge is -2.72. The van der Waals surface area contributed by atoms with Gasteiger partial charge in [-0.1, -0.05) is 78.3 Å². The molecule has 1 aromatic carbocycles. The van der Waals surface area contributed by atoms with Crippen LogP contribution in [-0.2, 0) is 34.2 Å². The SMILES string of the molecule is CC(C)C1=C2[C@H]3CC[C@@H]4[C@@]5(C)CC[C@H](OC(=O)CC(C)(C)C(=O)OC(C)(C)C)C(C)(C)C5CC[C@@]4(C)[C@]3(C)CC[C@@]2(/C=C/C(=O)NC2(c3ccc(Cl)cc3)CC2)CC1=O. The van der Waals surface area contributed by atoms with Crippen molar-refractivity contribution in [3.63, 3.8) is 0 Å². The summed E-state index contributed by atoms with van der Waals surface area (Å²) in [5, 5.41) is 4.01. The molecule has 1 unspecified atom stereocenters. The molecule has 5 saturated carbocycles. The van der Waals surface area contributed by atoms with Gasteiger partial charge in [-0.2, -0.15) is 0 Å². The largest absolute Gasteiger partial charge is 0.462 e. The summed E-state index contributed by atoms with van der Waals surface area (Å²) >= 11 is 6.17. The standard InChI is InChI=1S/C51H72ClNO6/c1-31(2)41-35(54)29-50(24-21-39(55)53-51(27-28-51)32-13-15-33(52)16-14-32)26-25-48(11)34(42(41)50)17-18-37-47(10)22-20-38(46(8,9)36(47)19-23-49(37,48)12)58-40(56)30-45(6,7)43(57)59-44(3,4)5/h13-16,21,24,31,34,36-38H,17-20,22-23,25-30H2,1-12H3,(H,53,55)/b24-21+/t34-,36?,37-,38+,47+,48-,49-,50+/m1/s1. The number of ketones is 1. The van der Waals surface area contributed by atoms with Gasteiger partial charge in [0.2, 0.25) is 5.91 Å². The van der Waals surface area contributed by atoms with Crippen LogP contribution < -0.4 is 5.32 Å². The lowest BCUT2D eigenvalue weighted by molar-refractivity contribution is -0.232. The maximum absolute atomic E-state index is 14.1. The number of allylic oxidation sites excluding steroid dienone is 3. The third-order valence-electron chi connectivity index (χ3n) is 17.3. The smallest absolute Gasteiger partial charge is 0.312 e. The van der Waals surface area contributed by atoms with E-state index in [0.717, 1.165) is 75.3 Å². The third kappa shape index (κ3) is 7.37. The lowest BCUT2D eigenvalue weighted by Crippen LogP contribution is -2.65. The monoisotopic (exact) mass is 830 g/mol. The first kappa shape index (κ1) is 44.1. The van der Waals surface area contributed by atoms with E-state index in [0.29, 0.717) is 23.3 Å². The van der Waals surface area contributed by atoms with Crippen LogP contribution in [0.1, 0.15) is 166 Å². The highest BCUT2D eigenvalue weighted by Gasteiger charge is 2.70. The van der Waals surface area contributed by atoms with Crippen LogP contribution in [0, 0.1) is 56.2 Å². The molecule has 8 atom stereocenters. The van der Waals surface area contributed by atoms with E-state index in [1.165, 1.54) is 5.57 Å². The number of rotatable bonds is 9. The van der Waals surface area contributed by atoms with Gasteiger partial charge in [0.15, 0.2) is 5.78 Å². The zero-order valence-electron chi connectivity index (χ0n) is 38.2.